The predicted octanol–water partition coefficient (Wildman–Crippen LogP) is -0.373. The van der Waals surface area contributed by atoms with E-state index < -0.39 is 0 Å². The molecule has 2 N–H and O–H groups in total. The maximum absolute atomic E-state index is 10.1. The number of amidine groups is 1. The minimum atomic E-state index is -0.190. The largest absolute Gasteiger partial charge is 0.315 e. The number of carbonyl (C=O) groups is 1. The Hall–Kier alpha value is -0.445. The maximum atomic E-state index is 10.1. The summed E-state index contributed by atoms with van der Waals surface area (Å²) in [6, 6.07) is 0. The van der Waals surface area contributed by atoms with Gasteiger partial charge >= 0.3 is 0 Å². The first-order valence-electron chi connectivity index (χ1n) is 2.07. The number of amides is 1. The van der Waals surface area contributed by atoms with Crippen molar-refractivity contribution in [3.8, 4) is 0 Å². The van der Waals surface area contributed by atoms with Gasteiger partial charge in [-0.15, -0.1) is 0 Å². The van der Waals surface area contributed by atoms with Crippen LogP contribution >= 0.6 is 11.8 Å². The topological polar surface area (TPSA) is 53.0 Å². The normalized spacial score (nSPS) is 8.12. The molecule has 0 spiro atoms. The average molecular weight is 130 g/mol. The molecule has 0 saturated carbocycles. The highest BCUT2D eigenvalue weighted by Gasteiger charge is 1.92. The third kappa shape index (κ3) is 3.73. The fourth-order valence-electron chi connectivity index (χ4n) is 0.211. The lowest BCUT2D eigenvalue weighted by Gasteiger charge is -1.96. The first-order chi connectivity index (χ1) is 3.66. The Kier molecular flexibility index (Phi) is 3.35. The summed E-state index contributed by atoms with van der Waals surface area (Å²) in [5.74, 6) is -0.190. The van der Waals surface area contributed by atoms with Gasteiger partial charge in [-0.05, 0) is 6.26 Å². The molecule has 0 aliphatic rings. The van der Waals surface area contributed by atoms with Crippen molar-refractivity contribution in [2.24, 2.45) is 0 Å². The number of thioether (sulfide) groups is 1. The van der Waals surface area contributed by atoms with Crippen molar-refractivity contribution in [2.75, 3.05) is 6.26 Å². The van der Waals surface area contributed by atoms with Gasteiger partial charge in [0.1, 0.15) is 0 Å². The van der Waals surface area contributed by atoms with Gasteiger partial charge in [0.05, 0.1) is 0 Å². The van der Waals surface area contributed by atoms with Gasteiger partial charge in [0, 0.05) is 0 Å². The number of carbonyl (C=O) groups excluding carboxylic acids is 1. The molecule has 0 aromatic heterocycles. The molecule has 3 nitrogen and oxygen atoms in total. The van der Waals surface area contributed by atoms with Crippen LogP contribution in [0.1, 0.15) is 0 Å². The third-order valence-corrected chi connectivity index (χ3v) is 1.00. The Balaban J connectivity index is 3.40. The van der Waals surface area contributed by atoms with Gasteiger partial charge in [-0.3, -0.25) is 10.2 Å². The first kappa shape index (κ1) is 7.55. The summed E-state index contributed by atoms with van der Waals surface area (Å²) in [6.45, 7) is 0. The number of rotatable bonds is 0. The minimum Gasteiger partial charge on any atom is -0.315 e. The Morgan fingerprint density at radius 2 is 2.38 bits per heavy atom. The second kappa shape index (κ2) is 3.54. The molecule has 0 radical (unpaired) electrons. The molecule has 1 amide bonds. The quantitative estimate of drug-likeness (QED) is 0.267. The van der Waals surface area contributed by atoms with E-state index in [0.717, 1.165) is 0 Å². The Morgan fingerprint density at radius 1 is 1.88 bits per heavy atom. The highest BCUT2D eigenvalue weighted by atomic mass is 32.2. The van der Waals surface area contributed by atoms with Gasteiger partial charge in [0.25, 0.3) is 0 Å². The van der Waals surface area contributed by atoms with Crippen LogP contribution in [0.4, 0.5) is 4.79 Å². The molecule has 0 aromatic carbocycles. The number of nitrogens with one attached hydrogen (secondary N) is 2. The molecule has 0 atom stereocenters. The van der Waals surface area contributed by atoms with Crippen molar-refractivity contribution >= 4 is 30.6 Å². The van der Waals surface area contributed by atoms with Crippen LogP contribution in [0.5, 0.6) is 0 Å². The summed E-state index contributed by atoms with van der Waals surface area (Å²) in [5.41, 5.74) is 0. The molecule has 8 heavy (non-hydrogen) atoms. The fourth-order valence-corrected chi connectivity index (χ4v) is 0.457. The second-order valence-corrected chi connectivity index (χ2v) is 2.03. The van der Waals surface area contributed by atoms with Crippen LogP contribution in [0, 0.1) is 5.41 Å². The SMILES string of the molecule is BC(=O)NC(=N)SC. The van der Waals surface area contributed by atoms with Crippen LogP contribution < -0.4 is 5.32 Å². The summed E-state index contributed by atoms with van der Waals surface area (Å²) < 4.78 is 0. The first-order valence-corrected chi connectivity index (χ1v) is 3.29. The van der Waals surface area contributed by atoms with Crippen molar-refractivity contribution in [1.29, 1.82) is 5.41 Å². The van der Waals surface area contributed by atoms with Crippen molar-refractivity contribution < 1.29 is 4.79 Å². The van der Waals surface area contributed by atoms with E-state index in [1.54, 1.807) is 6.26 Å². The molecule has 0 heterocycles. The number of hydrogen-bond donors (Lipinski definition) is 2. The zero-order valence-corrected chi connectivity index (χ0v) is 5.63. The lowest BCUT2D eigenvalue weighted by Crippen LogP contribution is -2.25. The molecule has 0 saturated heterocycles. The van der Waals surface area contributed by atoms with E-state index in [4.69, 9.17) is 5.41 Å². The van der Waals surface area contributed by atoms with Crippen LogP contribution in [-0.2, 0) is 0 Å². The monoisotopic (exact) mass is 130 g/mol. The Morgan fingerprint density at radius 3 is 2.50 bits per heavy atom. The van der Waals surface area contributed by atoms with E-state index in [-0.39, 0.29) is 11.0 Å². The van der Waals surface area contributed by atoms with E-state index >= 15 is 0 Å². The van der Waals surface area contributed by atoms with Gasteiger partial charge in [0.2, 0.25) is 7.85 Å². The van der Waals surface area contributed by atoms with Crippen molar-refractivity contribution in [1.82, 2.24) is 5.32 Å². The predicted molar refractivity (Wildman–Crippen MR) is 38.3 cm³/mol. The Bertz CT molecular complexity index is 116. The van der Waals surface area contributed by atoms with E-state index in [0.29, 0.717) is 0 Å². The van der Waals surface area contributed by atoms with Crippen molar-refractivity contribution in [2.45, 2.75) is 0 Å². The third-order valence-electron chi connectivity index (χ3n) is 0.494. The molecular formula is C3H7BN2OS. The van der Waals surface area contributed by atoms with Crippen LogP contribution in [-0.4, -0.2) is 25.1 Å². The molecule has 0 unspecified atom stereocenters. The average Bonchev–Trinajstić information content (AvgIpc) is 1.65. The van der Waals surface area contributed by atoms with E-state index in [1.807, 2.05) is 0 Å². The van der Waals surface area contributed by atoms with Gasteiger partial charge in [-0.1, -0.05) is 11.8 Å². The molecule has 0 fully saturated rings. The van der Waals surface area contributed by atoms with Crippen molar-refractivity contribution in [3.05, 3.63) is 0 Å². The molecule has 0 rings (SSSR count). The summed E-state index contributed by atoms with van der Waals surface area (Å²) in [4.78, 5) is 10.1. The molecule has 0 aromatic rings. The fraction of sp³-hybridized carbons (Fsp3) is 0.333. The van der Waals surface area contributed by atoms with Crippen LogP contribution in [0.15, 0.2) is 0 Å². The smallest absolute Gasteiger partial charge is 0.216 e. The van der Waals surface area contributed by atoms with E-state index in [2.05, 4.69) is 5.32 Å². The van der Waals surface area contributed by atoms with Gasteiger partial charge in [-0.2, -0.15) is 0 Å². The summed E-state index contributed by atoms with van der Waals surface area (Å²) >= 11 is 1.20. The van der Waals surface area contributed by atoms with Gasteiger partial charge in [-0.25, -0.2) is 0 Å². The zero-order chi connectivity index (χ0) is 6.57. The number of hydrogen-bond acceptors (Lipinski definition) is 3. The van der Waals surface area contributed by atoms with Crippen LogP contribution in [0.3, 0.4) is 0 Å². The van der Waals surface area contributed by atoms with Crippen LogP contribution in [0.2, 0.25) is 0 Å². The second-order valence-electron chi connectivity index (χ2n) is 1.21. The van der Waals surface area contributed by atoms with Gasteiger partial charge in [0.15, 0.2) is 11.0 Å². The molecule has 5 heteroatoms. The van der Waals surface area contributed by atoms with Crippen LogP contribution in [0.25, 0.3) is 0 Å². The lowest BCUT2D eigenvalue weighted by molar-refractivity contribution is 0.263. The van der Waals surface area contributed by atoms with Crippen molar-refractivity contribution in [3.63, 3.8) is 0 Å². The zero-order valence-electron chi connectivity index (χ0n) is 4.82. The molecule has 0 bridgehead atoms. The summed E-state index contributed by atoms with van der Waals surface area (Å²) in [6.07, 6.45) is 1.73. The summed E-state index contributed by atoms with van der Waals surface area (Å²) in [7, 11) is 1.38. The maximum Gasteiger partial charge on any atom is 0.216 e. The molecule has 44 valence electrons. The highest BCUT2D eigenvalue weighted by Crippen LogP contribution is 1.88. The highest BCUT2D eigenvalue weighted by molar-refractivity contribution is 8.13. The minimum absolute atomic E-state index is 0.190. The van der Waals surface area contributed by atoms with E-state index in [1.165, 1.54) is 19.6 Å². The standard InChI is InChI=1S/C3H7BN2OS/c1-8-3(5)6-2(4)7/h4H2,1H3,(H2,5,6,7). The Labute approximate surface area is 53.1 Å². The molecule has 0 aliphatic carbocycles. The molecular weight excluding hydrogens is 123 g/mol. The lowest BCUT2D eigenvalue weighted by atomic mass is 10.1. The van der Waals surface area contributed by atoms with E-state index in [9.17, 15) is 4.79 Å². The van der Waals surface area contributed by atoms with Gasteiger partial charge < -0.3 is 5.32 Å². The summed E-state index contributed by atoms with van der Waals surface area (Å²) in [5, 5.41) is 9.39. The molecule has 0 aliphatic heterocycles.